The Balaban J connectivity index is 1.49. The zero-order valence-electron chi connectivity index (χ0n) is 18.0. The minimum atomic E-state index is -0.234. The Morgan fingerprint density at radius 2 is 2.00 bits per heavy atom. The number of hydrogen-bond acceptors (Lipinski definition) is 6. The van der Waals surface area contributed by atoms with Crippen LogP contribution in [0.5, 0.6) is 11.5 Å². The number of pyridine rings is 1. The molecule has 3 aliphatic carbocycles. The van der Waals surface area contributed by atoms with Crippen molar-refractivity contribution in [2.24, 2.45) is 17.3 Å². The number of rotatable bonds is 5. The second-order valence-corrected chi connectivity index (χ2v) is 9.37. The number of hydrogen-bond donors (Lipinski definition) is 3. The van der Waals surface area contributed by atoms with Gasteiger partial charge in [0.2, 0.25) is 0 Å². The smallest absolute Gasteiger partial charge is 0.160 e. The third kappa shape index (κ3) is 3.38. The first kappa shape index (κ1) is 20.3. The predicted octanol–water partition coefficient (Wildman–Crippen LogP) is 4.14. The van der Waals surface area contributed by atoms with Gasteiger partial charge in [-0.2, -0.15) is 0 Å². The molecule has 0 unspecified atom stereocenters. The average Bonchev–Trinajstić information content (AvgIpc) is 3.09. The summed E-state index contributed by atoms with van der Waals surface area (Å²) in [6, 6.07) is 7.60. The van der Waals surface area contributed by atoms with Gasteiger partial charge in [0.15, 0.2) is 11.5 Å². The van der Waals surface area contributed by atoms with Gasteiger partial charge < -0.3 is 14.9 Å². The number of aromatic nitrogens is 1. The van der Waals surface area contributed by atoms with Gasteiger partial charge in [-0.3, -0.25) is 15.3 Å². The molecule has 1 aromatic heterocycles. The van der Waals surface area contributed by atoms with E-state index in [-0.39, 0.29) is 17.3 Å². The topological polar surface area (TPSA) is 83.8 Å². The van der Waals surface area contributed by atoms with Crippen molar-refractivity contribution in [2.45, 2.75) is 51.2 Å². The lowest BCUT2D eigenvalue weighted by molar-refractivity contribution is -0.00877. The summed E-state index contributed by atoms with van der Waals surface area (Å²) < 4.78 is 5.42. The van der Waals surface area contributed by atoms with Crippen LogP contribution in [0, 0.1) is 17.3 Å². The molecule has 31 heavy (non-hydrogen) atoms. The van der Waals surface area contributed by atoms with Crippen molar-refractivity contribution in [3.63, 3.8) is 0 Å². The van der Waals surface area contributed by atoms with Crippen LogP contribution in [0.2, 0.25) is 0 Å². The van der Waals surface area contributed by atoms with Gasteiger partial charge in [0.25, 0.3) is 0 Å². The van der Waals surface area contributed by atoms with E-state index in [0.717, 1.165) is 42.5 Å². The maximum Gasteiger partial charge on any atom is 0.160 e. The van der Waals surface area contributed by atoms with Crippen molar-refractivity contribution < 1.29 is 19.8 Å². The highest BCUT2D eigenvalue weighted by Crippen LogP contribution is 2.61. The minimum Gasteiger partial charge on any atom is -0.504 e. The number of benzene rings is 1. The van der Waals surface area contributed by atoms with Crippen LogP contribution in [0.1, 0.15) is 55.2 Å². The molecule has 2 fully saturated rings. The summed E-state index contributed by atoms with van der Waals surface area (Å²) in [5.74, 6) is 1.70. The molecule has 3 aliphatic rings. The summed E-state index contributed by atoms with van der Waals surface area (Å²) in [7, 11) is 1.58. The number of phenols is 1. The second kappa shape index (κ2) is 7.84. The molecular formula is C25H30N2O4. The molecule has 2 aromatic rings. The van der Waals surface area contributed by atoms with Crippen molar-refractivity contribution in [1.82, 2.24) is 10.5 Å². The zero-order valence-corrected chi connectivity index (χ0v) is 18.0. The molecule has 0 bridgehead atoms. The third-order valence-electron chi connectivity index (χ3n) is 7.85. The van der Waals surface area contributed by atoms with Crippen LogP contribution >= 0.6 is 0 Å². The van der Waals surface area contributed by atoms with E-state index in [9.17, 15) is 10.2 Å². The number of nitrogens with zero attached hydrogens (tertiary/aromatic N) is 1. The van der Waals surface area contributed by atoms with E-state index in [2.05, 4.69) is 23.5 Å². The molecule has 0 amide bonds. The number of methoxy groups -OCH3 is 1. The summed E-state index contributed by atoms with van der Waals surface area (Å²) >= 11 is 0. The summed E-state index contributed by atoms with van der Waals surface area (Å²) in [6.45, 7) is 2.66. The highest BCUT2D eigenvalue weighted by molar-refractivity contribution is 5.72. The fourth-order valence-corrected chi connectivity index (χ4v) is 6.10. The normalized spacial score (nSPS) is 31.3. The van der Waals surface area contributed by atoms with E-state index < -0.39 is 0 Å². The SMILES string of the molecule is COc1cc2c(cc1O)C(NOCc1ccncc1)=C[C@@H]1[C@@H]2CC[C@]2(C)[C@@H](O)CC[C@@H]12. The van der Waals surface area contributed by atoms with Gasteiger partial charge in [0, 0.05) is 18.0 Å². The van der Waals surface area contributed by atoms with Gasteiger partial charge in [-0.15, -0.1) is 0 Å². The number of aliphatic hydroxyl groups excluding tert-OH is 1. The highest BCUT2D eigenvalue weighted by atomic mass is 16.6. The largest absolute Gasteiger partial charge is 0.504 e. The third-order valence-corrected chi connectivity index (χ3v) is 7.85. The van der Waals surface area contributed by atoms with Crippen LogP contribution in [-0.4, -0.2) is 28.4 Å². The molecule has 1 heterocycles. The Kier molecular flexibility index (Phi) is 5.15. The lowest BCUT2D eigenvalue weighted by Gasteiger charge is -2.49. The Labute approximate surface area is 182 Å². The second-order valence-electron chi connectivity index (χ2n) is 9.37. The number of nitrogens with one attached hydrogen (secondary N) is 1. The van der Waals surface area contributed by atoms with Crippen LogP contribution in [0.3, 0.4) is 0 Å². The van der Waals surface area contributed by atoms with Crippen LogP contribution in [-0.2, 0) is 11.4 Å². The van der Waals surface area contributed by atoms with Gasteiger partial charge in [0.05, 0.1) is 25.5 Å². The van der Waals surface area contributed by atoms with E-state index in [0.29, 0.717) is 30.1 Å². The maximum absolute atomic E-state index is 10.7. The molecule has 5 atom stereocenters. The Bertz CT molecular complexity index is 993. The Hall–Kier alpha value is -2.57. The fourth-order valence-electron chi connectivity index (χ4n) is 6.10. The van der Waals surface area contributed by atoms with E-state index in [1.54, 1.807) is 25.6 Å². The van der Waals surface area contributed by atoms with Crippen LogP contribution in [0.25, 0.3) is 5.70 Å². The first-order chi connectivity index (χ1) is 15.0. The summed E-state index contributed by atoms with van der Waals surface area (Å²) in [6.07, 6.45) is 9.45. The standard InChI is InChI=1S/C25H30N2O4/c1-25-8-5-16-17-13-23(30-2)22(28)12-19(17)21(11-18(16)20(25)3-4-24(25)29)27-31-14-15-6-9-26-10-7-15/h6-7,9-13,16,18,20,24,27-29H,3-5,8,14H2,1-2H3/t16-,18-,20+,24+,25+/m1/s1. The molecule has 6 heteroatoms. The average molecular weight is 423 g/mol. The highest BCUT2D eigenvalue weighted by Gasteiger charge is 2.54. The quantitative estimate of drug-likeness (QED) is 0.628. The predicted molar refractivity (Wildman–Crippen MR) is 117 cm³/mol. The molecule has 0 saturated heterocycles. The van der Waals surface area contributed by atoms with E-state index in [1.807, 2.05) is 18.2 Å². The molecule has 0 aliphatic heterocycles. The van der Waals surface area contributed by atoms with Gasteiger partial charge in [-0.25, -0.2) is 0 Å². The van der Waals surface area contributed by atoms with Crippen molar-refractivity contribution in [3.8, 4) is 11.5 Å². The molecule has 164 valence electrons. The van der Waals surface area contributed by atoms with Crippen molar-refractivity contribution in [2.75, 3.05) is 7.11 Å². The van der Waals surface area contributed by atoms with Crippen molar-refractivity contribution in [1.29, 1.82) is 0 Å². The number of aliphatic hydroxyl groups is 1. The first-order valence-corrected chi connectivity index (χ1v) is 11.1. The van der Waals surface area contributed by atoms with Crippen LogP contribution in [0.15, 0.2) is 42.7 Å². The lowest BCUT2D eigenvalue weighted by Crippen LogP contribution is -2.43. The first-order valence-electron chi connectivity index (χ1n) is 11.1. The molecule has 1 aromatic carbocycles. The fraction of sp³-hybridized carbons (Fsp3) is 0.480. The van der Waals surface area contributed by atoms with Crippen LogP contribution < -0.4 is 10.2 Å². The number of fused-ring (bicyclic) bond motifs is 5. The maximum atomic E-state index is 10.7. The summed E-state index contributed by atoms with van der Waals surface area (Å²) in [5.41, 5.74) is 7.14. The molecule has 3 N–H and O–H groups in total. The molecule has 0 spiro atoms. The van der Waals surface area contributed by atoms with E-state index in [1.165, 1.54) is 5.56 Å². The van der Waals surface area contributed by atoms with Crippen molar-refractivity contribution in [3.05, 3.63) is 59.4 Å². The molecular weight excluding hydrogens is 392 g/mol. The van der Waals surface area contributed by atoms with Gasteiger partial charge in [-0.05, 0) is 84.2 Å². The zero-order chi connectivity index (χ0) is 21.6. The molecule has 2 saturated carbocycles. The summed E-state index contributed by atoms with van der Waals surface area (Å²) in [5, 5.41) is 21.2. The van der Waals surface area contributed by atoms with Gasteiger partial charge in [-0.1, -0.05) is 13.0 Å². The Morgan fingerprint density at radius 3 is 2.77 bits per heavy atom. The van der Waals surface area contributed by atoms with Crippen molar-refractivity contribution >= 4 is 5.70 Å². The van der Waals surface area contributed by atoms with E-state index in [4.69, 9.17) is 9.57 Å². The lowest BCUT2D eigenvalue weighted by atomic mass is 9.56. The number of ether oxygens (including phenoxy) is 1. The van der Waals surface area contributed by atoms with Gasteiger partial charge >= 0.3 is 0 Å². The minimum absolute atomic E-state index is 0.0425. The number of aromatic hydroxyl groups is 1. The summed E-state index contributed by atoms with van der Waals surface area (Å²) in [4.78, 5) is 9.88. The molecule has 6 nitrogen and oxygen atoms in total. The van der Waals surface area contributed by atoms with Crippen LogP contribution in [0.4, 0.5) is 0 Å². The van der Waals surface area contributed by atoms with Gasteiger partial charge in [0.1, 0.15) is 0 Å². The number of phenolic OH excluding ortho intramolecular Hbond substituents is 1. The van der Waals surface area contributed by atoms with E-state index >= 15 is 0 Å². The monoisotopic (exact) mass is 422 g/mol. The number of allylic oxidation sites excluding steroid dienone is 1. The number of hydroxylamine groups is 1. The molecule has 5 rings (SSSR count). The Morgan fingerprint density at radius 1 is 1.19 bits per heavy atom. The molecule has 0 radical (unpaired) electrons.